The Kier molecular flexibility index (Phi) is 5.78. The SMILES string of the molecule is CCOc1ccc(Nc2cnnc(Nc3ccc(NC(C)=O)cc3)n2)cc1. The summed E-state index contributed by atoms with van der Waals surface area (Å²) in [7, 11) is 0. The lowest BCUT2D eigenvalue weighted by Gasteiger charge is -2.09. The maximum atomic E-state index is 11.1. The molecule has 0 fully saturated rings. The van der Waals surface area contributed by atoms with Crippen molar-refractivity contribution in [3.05, 3.63) is 54.7 Å². The Morgan fingerprint density at radius 2 is 1.59 bits per heavy atom. The van der Waals surface area contributed by atoms with Gasteiger partial charge in [0.1, 0.15) is 5.75 Å². The van der Waals surface area contributed by atoms with Crippen LogP contribution in [0.5, 0.6) is 5.75 Å². The van der Waals surface area contributed by atoms with E-state index in [0.717, 1.165) is 22.8 Å². The van der Waals surface area contributed by atoms with Gasteiger partial charge in [0.05, 0.1) is 12.8 Å². The molecule has 1 aromatic heterocycles. The second kappa shape index (κ2) is 8.61. The number of amides is 1. The number of nitrogens with zero attached hydrogens (tertiary/aromatic N) is 3. The molecule has 0 bridgehead atoms. The van der Waals surface area contributed by atoms with Crippen LogP contribution >= 0.6 is 0 Å². The average Bonchev–Trinajstić information content (AvgIpc) is 2.65. The number of aromatic nitrogens is 3. The van der Waals surface area contributed by atoms with Gasteiger partial charge in [-0.2, -0.15) is 10.1 Å². The Hall–Kier alpha value is -3.68. The van der Waals surface area contributed by atoms with E-state index in [0.29, 0.717) is 18.4 Å². The fourth-order valence-corrected chi connectivity index (χ4v) is 2.34. The first-order chi connectivity index (χ1) is 13.1. The summed E-state index contributed by atoms with van der Waals surface area (Å²) in [6, 6.07) is 14.8. The second-order valence-electron chi connectivity index (χ2n) is 5.63. The van der Waals surface area contributed by atoms with Crippen LogP contribution in [0.4, 0.5) is 28.8 Å². The summed E-state index contributed by atoms with van der Waals surface area (Å²) in [4.78, 5) is 15.5. The predicted octanol–water partition coefficient (Wildman–Crippen LogP) is 3.72. The number of carbonyl (C=O) groups excluding carboxylic acids is 1. The van der Waals surface area contributed by atoms with Crippen molar-refractivity contribution in [1.82, 2.24) is 15.2 Å². The van der Waals surface area contributed by atoms with E-state index >= 15 is 0 Å². The molecule has 0 unspecified atom stereocenters. The maximum Gasteiger partial charge on any atom is 0.249 e. The lowest BCUT2D eigenvalue weighted by Crippen LogP contribution is -2.06. The van der Waals surface area contributed by atoms with Gasteiger partial charge in [0.15, 0.2) is 5.82 Å². The van der Waals surface area contributed by atoms with E-state index in [9.17, 15) is 4.79 Å². The van der Waals surface area contributed by atoms with E-state index < -0.39 is 0 Å². The molecule has 2 aromatic carbocycles. The minimum absolute atomic E-state index is 0.115. The summed E-state index contributed by atoms with van der Waals surface area (Å²) >= 11 is 0. The first-order valence-electron chi connectivity index (χ1n) is 8.46. The average molecular weight is 364 g/mol. The topological polar surface area (TPSA) is 101 Å². The fraction of sp³-hybridized carbons (Fsp3) is 0.158. The van der Waals surface area contributed by atoms with Crippen molar-refractivity contribution in [1.29, 1.82) is 0 Å². The van der Waals surface area contributed by atoms with Crippen molar-refractivity contribution >= 4 is 34.7 Å². The molecular formula is C19H20N6O2. The Labute approximate surface area is 157 Å². The van der Waals surface area contributed by atoms with Crippen molar-refractivity contribution in [3.63, 3.8) is 0 Å². The summed E-state index contributed by atoms with van der Waals surface area (Å²) in [6.07, 6.45) is 1.54. The molecule has 138 valence electrons. The highest BCUT2D eigenvalue weighted by atomic mass is 16.5. The van der Waals surface area contributed by atoms with Gasteiger partial charge in [-0.05, 0) is 55.5 Å². The molecule has 0 saturated heterocycles. The molecule has 27 heavy (non-hydrogen) atoms. The molecule has 0 aliphatic heterocycles. The van der Waals surface area contributed by atoms with Crippen LogP contribution in [0.25, 0.3) is 0 Å². The second-order valence-corrected chi connectivity index (χ2v) is 5.63. The summed E-state index contributed by atoms with van der Waals surface area (Å²) in [6.45, 7) is 4.04. The van der Waals surface area contributed by atoms with Gasteiger partial charge in [-0.1, -0.05) is 0 Å². The van der Waals surface area contributed by atoms with Gasteiger partial charge in [-0.25, -0.2) is 0 Å². The highest BCUT2D eigenvalue weighted by molar-refractivity contribution is 5.88. The zero-order chi connectivity index (χ0) is 19.1. The molecule has 1 amide bonds. The maximum absolute atomic E-state index is 11.1. The van der Waals surface area contributed by atoms with Crippen LogP contribution in [0.2, 0.25) is 0 Å². The molecule has 0 aliphatic rings. The van der Waals surface area contributed by atoms with Crippen LogP contribution < -0.4 is 20.7 Å². The van der Waals surface area contributed by atoms with Crippen molar-refractivity contribution in [2.75, 3.05) is 22.6 Å². The molecule has 3 rings (SSSR count). The first-order valence-corrected chi connectivity index (χ1v) is 8.46. The van der Waals surface area contributed by atoms with Crippen molar-refractivity contribution in [2.24, 2.45) is 0 Å². The Balaban J connectivity index is 1.65. The highest BCUT2D eigenvalue weighted by Gasteiger charge is 2.03. The van der Waals surface area contributed by atoms with E-state index in [-0.39, 0.29) is 5.91 Å². The molecule has 8 heteroatoms. The summed E-state index contributed by atoms with van der Waals surface area (Å²) in [5, 5.41) is 16.9. The lowest BCUT2D eigenvalue weighted by atomic mass is 10.3. The highest BCUT2D eigenvalue weighted by Crippen LogP contribution is 2.20. The van der Waals surface area contributed by atoms with Crippen molar-refractivity contribution in [2.45, 2.75) is 13.8 Å². The van der Waals surface area contributed by atoms with Gasteiger partial charge in [0, 0.05) is 24.0 Å². The zero-order valence-electron chi connectivity index (χ0n) is 15.1. The molecule has 3 N–H and O–H groups in total. The third-order valence-corrected chi connectivity index (χ3v) is 3.46. The summed E-state index contributed by atoms with van der Waals surface area (Å²) in [5.74, 6) is 1.62. The summed E-state index contributed by atoms with van der Waals surface area (Å²) in [5.41, 5.74) is 2.37. The van der Waals surface area contributed by atoms with E-state index in [2.05, 4.69) is 31.1 Å². The van der Waals surface area contributed by atoms with Gasteiger partial charge < -0.3 is 20.7 Å². The van der Waals surface area contributed by atoms with Gasteiger partial charge in [0.2, 0.25) is 11.9 Å². The predicted molar refractivity (Wildman–Crippen MR) is 105 cm³/mol. The van der Waals surface area contributed by atoms with Crippen LogP contribution in [0, 0.1) is 0 Å². The van der Waals surface area contributed by atoms with Gasteiger partial charge >= 0.3 is 0 Å². The minimum atomic E-state index is -0.115. The first kappa shape index (κ1) is 18.1. The van der Waals surface area contributed by atoms with Gasteiger partial charge in [0.25, 0.3) is 0 Å². The number of nitrogens with one attached hydrogen (secondary N) is 3. The number of anilines is 5. The standard InChI is InChI=1S/C19H20N6O2/c1-3-27-17-10-8-15(9-11-17)22-18-12-20-25-19(24-18)23-16-6-4-14(5-7-16)21-13(2)26/h4-12H,3H2,1-2H3,(H,21,26)(H2,22,23,24,25). The Morgan fingerprint density at radius 3 is 2.26 bits per heavy atom. The third-order valence-electron chi connectivity index (χ3n) is 3.46. The third kappa shape index (κ3) is 5.40. The molecule has 1 heterocycles. The fourth-order valence-electron chi connectivity index (χ4n) is 2.34. The molecule has 0 atom stereocenters. The van der Waals surface area contributed by atoms with Gasteiger partial charge in [-0.15, -0.1) is 5.10 Å². The number of ether oxygens (including phenoxy) is 1. The van der Waals surface area contributed by atoms with E-state index in [4.69, 9.17) is 4.74 Å². The zero-order valence-corrected chi connectivity index (χ0v) is 15.1. The van der Waals surface area contributed by atoms with Crippen LogP contribution in [0.3, 0.4) is 0 Å². The molecule has 0 spiro atoms. The number of rotatable bonds is 7. The van der Waals surface area contributed by atoms with E-state index in [1.165, 1.54) is 6.92 Å². The number of benzene rings is 2. The largest absolute Gasteiger partial charge is 0.494 e. The molecule has 0 saturated carbocycles. The minimum Gasteiger partial charge on any atom is -0.494 e. The van der Waals surface area contributed by atoms with Crippen LogP contribution in [0.15, 0.2) is 54.7 Å². The Bertz CT molecular complexity index is 897. The normalized spacial score (nSPS) is 10.1. The smallest absolute Gasteiger partial charge is 0.249 e. The van der Waals surface area contributed by atoms with Crippen molar-refractivity contribution < 1.29 is 9.53 Å². The monoisotopic (exact) mass is 364 g/mol. The van der Waals surface area contributed by atoms with E-state index in [1.54, 1.807) is 18.3 Å². The molecule has 8 nitrogen and oxygen atoms in total. The molecule has 0 aliphatic carbocycles. The van der Waals surface area contributed by atoms with Crippen LogP contribution in [0.1, 0.15) is 13.8 Å². The number of carbonyl (C=O) groups is 1. The number of hydrogen-bond donors (Lipinski definition) is 3. The number of hydrogen-bond acceptors (Lipinski definition) is 7. The van der Waals surface area contributed by atoms with Crippen molar-refractivity contribution in [3.8, 4) is 5.75 Å². The van der Waals surface area contributed by atoms with Gasteiger partial charge in [-0.3, -0.25) is 4.79 Å². The van der Waals surface area contributed by atoms with Crippen LogP contribution in [-0.4, -0.2) is 27.7 Å². The quantitative estimate of drug-likeness (QED) is 0.587. The molecular weight excluding hydrogens is 344 g/mol. The molecule has 0 radical (unpaired) electrons. The van der Waals surface area contributed by atoms with Crippen LogP contribution in [-0.2, 0) is 4.79 Å². The van der Waals surface area contributed by atoms with E-state index in [1.807, 2.05) is 43.3 Å². The Morgan fingerprint density at radius 1 is 0.963 bits per heavy atom. The lowest BCUT2D eigenvalue weighted by molar-refractivity contribution is -0.114. The summed E-state index contributed by atoms with van der Waals surface area (Å²) < 4.78 is 5.43. The molecule has 3 aromatic rings.